The van der Waals surface area contributed by atoms with Gasteiger partial charge in [-0.1, -0.05) is 48.0 Å². The molecule has 0 N–H and O–H groups in total. The average molecular weight is 458 g/mol. The van der Waals surface area contributed by atoms with Gasteiger partial charge < -0.3 is 9.47 Å². The standard InChI is InChI=1S/C23H17ClFNO4S/c1-29-22-12-5-7-16(23(22)30-15-19-20(24)10-6-11-21(19)25)13-18(14-26)31(27,28)17-8-3-2-4-9-17/h2-13H,15H2,1H3. The molecular weight excluding hydrogens is 441 g/mol. The number of ether oxygens (including phenoxy) is 2. The number of sulfone groups is 1. The molecule has 0 atom stereocenters. The molecule has 0 saturated heterocycles. The van der Waals surface area contributed by atoms with Crippen LogP contribution in [0, 0.1) is 17.1 Å². The molecule has 0 aliphatic carbocycles. The highest BCUT2D eigenvalue weighted by atomic mass is 35.5. The van der Waals surface area contributed by atoms with Gasteiger partial charge in [0.25, 0.3) is 0 Å². The molecule has 0 amide bonds. The van der Waals surface area contributed by atoms with Crippen LogP contribution in [0.25, 0.3) is 6.08 Å². The second-order valence-corrected chi connectivity index (χ2v) is 8.63. The van der Waals surface area contributed by atoms with Gasteiger partial charge in [0.15, 0.2) is 11.5 Å². The molecule has 31 heavy (non-hydrogen) atoms. The molecule has 0 spiro atoms. The highest BCUT2D eigenvalue weighted by Gasteiger charge is 2.22. The first kappa shape index (κ1) is 22.3. The van der Waals surface area contributed by atoms with E-state index in [9.17, 15) is 18.1 Å². The summed E-state index contributed by atoms with van der Waals surface area (Å²) < 4.78 is 50.9. The molecule has 0 unspecified atom stereocenters. The van der Waals surface area contributed by atoms with Crippen LogP contribution in [-0.4, -0.2) is 15.5 Å². The van der Waals surface area contributed by atoms with Gasteiger partial charge in [0.1, 0.15) is 23.4 Å². The Kier molecular flexibility index (Phi) is 6.95. The first-order valence-electron chi connectivity index (χ1n) is 9.03. The van der Waals surface area contributed by atoms with Crippen LogP contribution in [-0.2, 0) is 16.4 Å². The van der Waals surface area contributed by atoms with Crippen molar-refractivity contribution in [3.8, 4) is 17.6 Å². The molecule has 0 aliphatic rings. The quantitative estimate of drug-likeness (QED) is 0.443. The Morgan fingerprint density at radius 2 is 1.81 bits per heavy atom. The zero-order chi connectivity index (χ0) is 22.4. The summed E-state index contributed by atoms with van der Waals surface area (Å²) >= 11 is 6.06. The van der Waals surface area contributed by atoms with E-state index >= 15 is 0 Å². The molecule has 0 heterocycles. The van der Waals surface area contributed by atoms with Gasteiger partial charge in [0.05, 0.1) is 17.0 Å². The highest BCUT2D eigenvalue weighted by Crippen LogP contribution is 2.35. The van der Waals surface area contributed by atoms with Gasteiger partial charge >= 0.3 is 0 Å². The van der Waals surface area contributed by atoms with E-state index in [0.717, 1.165) is 0 Å². The van der Waals surface area contributed by atoms with Crippen LogP contribution in [0.4, 0.5) is 4.39 Å². The van der Waals surface area contributed by atoms with E-state index in [4.69, 9.17) is 21.1 Å². The van der Waals surface area contributed by atoms with Crippen molar-refractivity contribution < 1.29 is 22.3 Å². The molecule has 3 rings (SSSR count). The summed E-state index contributed by atoms with van der Waals surface area (Å²) in [5.74, 6) is -0.0974. The van der Waals surface area contributed by atoms with Crippen molar-refractivity contribution in [2.45, 2.75) is 11.5 Å². The van der Waals surface area contributed by atoms with Crippen LogP contribution in [0.1, 0.15) is 11.1 Å². The molecular formula is C23H17ClFNO4S. The van der Waals surface area contributed by atoms with E-state index < -0.39 is 20.6 Å². The van der Waals surface area contributed by atoms with Crippen LogP contribution < -0.4 is 9.47 Å². The third-order valence-electron chi connectivity index (χ3n) is 4.39. The van der Waals surface area contributed by atoms with Gasteiger partial charge in [-0.2, -0.15) is 5.26 Å². The van der Waals surface area contributed by atoms with E-state index in [-0.39, 0.29) is 39.2 Å². The van der Waals surface area contributed by atoms with Crippen LogP contribution >= 0.6 is 11.6 Å². The second-order valence-electron chi connectivity index (χ2n) is 6.30. The molecule has 158 valence electrons. The lowest BCUT2D eigenvalue weighted by Crippen LogP contribution is -2.05. The Morgan fingerprint density at radius 3 is 2.45 bits per heavy atom. The lowest BCUT2D eigenvalue weighted by Gasteiger charge is -2.15. The minimum atomic E-state index is -4.04. The van der Waals surface area contributed by atoms with Gasteiger partial charge in [-0.3, -0.25) is 0 Å². The SMILES string of the molecule is COc1cccc(C=C(C#N)S(=O)(=O)c2ccccc2)c1OCc1c(F)cccc1Cl. The summed E-state index contributed by atoms with van der Waals surface area (Å²) in [5, 5.41) is 9.74. The van der Waals surface area contributed by atoms with E-state index in [2.05, 4.69) is 0 Å². The predicted octanol–water partition coefficient (Wildman–Crippen LogP) is 5.41. The number of nitrogens with zero attached hydrogens (tertiary/aromatic N) is 1. The predicted molar refractivity (Wildman–Crippen MR) is 116 cm³/mol. The fourth-order valence-corrected chi connectivity index (χ4v) is 4.20. The molecule has 0 fully saturated rings. The third-order valence-corrected chi connectivity index (χ3v) is 6.43. The number of hydrogen-bond donors (Lipinski definition) is 0. The lowest BCUT2D eigenvalue weighted by molar-refractivity contribution is 0.279. The minimum Gasteiger partial charge on any atom is -0.493 e. The van der Waals surface area contributed by atoms with Crippen molar-refractivity contribution in [1.29, 1.82) is 5.26 Å². The molecule has 3 aromatic carbocycles. The number of nitriles is 1. The van der Waals surface area contributed by atoms with Crippen molar-refractivity contribution in [3.63, 3.8) is 0 Å². The largest absolute Gasteiger partial charge is 0.493 e. The maximum Gasteiger partial charge on any atom is 0.216 e. The van der Waals surface area contributed by atoms with Crippen molar-refractivity contribution in [1.82, 2.24) is 0 Å². The monoisotopic (exact) mass is 457 g/mol. The van der Waals surface area contributed by atoms with Crippen LogP contribution in [0.15, 0.2) is 76.5 Å². The van der Waals surface area contributed by atoms with E-state index in [1.54, 1.807) is 42.5 Å². The Morgan fingerprint density at radius 1 is 1.10 bits per heavy atom. The van der Waals surface area contributed by atoms with Gasteiger partial charge in [-0.05, 0) is 36.4 Å². The first-order chi connectivity index (χ1) is 14.9. The molecule has 0 saturated carbocycles. The molecule has 3 aromatic rings. The highest BCUT2D eigenvalue weighted by molar-refractivity contribution is 7.95. The van der Waals surface area contributed by atoms with Gasteiger partial charge in [-0.15, -0.1) is 0 Å². The van der Waals surface area contributed by atoms with Crippen molar-refractivity contribution >= 4 is 27.5 Å². The smallest absolute Gasteiger partial charge is 0.216 e. The molecule has 0 aliphatic heterocycles. The summed E-state index contributed by atoms with van der Waals surface area (Å²) in [7, 11) is -2.63. The Balaban J connectivity index is 2.04. The lowest BCUT2D eigenvalue weighted by atomic mass is 10.1. The maximum atomic E-state index is 14.1. The fourth-order valence-electron chi connectivity index (χ4n) is 2.81. The van der Waals surface area contributed by atoms with Gasteiger partial charge in [-0.25, -0.2) is 12.8 Å². The van der Waals surface area contributed by atoms with Crippen LogP contribution in [0.2, 0.25) is 5.02 Å². The van der Waals surface area contributed by atoms with Crippen molar-refractivity contribution in [3.05, 3.63) is 93.6 Å². The third kappa shape index (κ3) is 4.88. The number of benzene rings is 3. The number of rotatable bonds is 7. The first-order valence-corrected chi connectivity index (χ1v) is 10.9. The van der Waals surface area contributed by atoms with Crippen LogP contribution in [0.5, 0.6) is 11.5 Å². The summed E-state index contributed by atoms with van der Waals surface area (Å²) in [5.41, 5.74) is 0.422. The summed E-state index contributed by atoms with van der Waals surface area (Å²) in [4.78, 5) is -0.480. The van der Waals surface area contributed by atoms with Gasteiger partial charge in [0, 0.05) is 11.1 Å². The zero-order valence-corrected chi connectivity index (χ0v) is 18.0. The molecule has 0 aromatic heterocycles. The molecule has 5 nitrogen and oxygen atoms in total. The number of para-hydroxylation sites is 1. The Hall–Kier alpha value is -3.34. The zero-order valence-electron chi connectivity index (χ0n) is 16.4. The Labute approximate surface area is 184 Å². The van der Waals surface area contributed by atoms with Crippen molar-refractivity contribution in [2.75, 3.05) is 7.11 Å². The Bertz CT molecular complexity index is 1250. The number of allylic oxidation sites excluding steroid dienone is 1. The average Bonchev–Trinajstić information content (AvgIpc) is 2.78. The number of hydrogen-bond acceptors (Lipinski definition) is 5. The number of methoxy groups -OCH3 is 1. The molecule has 0 bridgehead atoms. The van der Waals surface area contributed by atoms with E-state index in [1.807, 2.05) is 0 Å². The number of halogens is 2. The topological polar surface area (TPSA) is 76.4 Å². The van der Waals surface area contributed by atoms with E-state index in [1.165, 1.54) is 43.5 Å². The van der Waals surface area contributed by atoms with Crippen molar-refractivity contribution in [2.24, 2.45) is 0 Å². The minimum absolute atomic E-state index is 0.00805. The fraction of sp³-hybridized carbons (Fsp3) is 0.0870. The van der Waals surface area contributed by atoms with Crippen LogP contribution in [0.3, 0.4) is 0 Å². The summed E-state index contributed by atoms with van der Waals surface area (Å²) in [6.45, 7) is -0.222. The maximum absolute atomic E-state index is 14.1. The second kappa shape index (κ2) is 9.65. The summed E-state index contributed by atoms with van der Waals surface area (Å²) in [6, 6.07) is 18.4. The normalized spacial score (nSPS) is 11.6. The van der Waals surface area contributed by atoms with Gasteiger partial charge in [0.2, 0.25) is 9.84 Å². The van der Waals surface area contributed by atoms with E-state index in [0.29, 0.717) is 0 Å². The molecule has 8 heteroatoms. The summed E-state index contributed by atoms with van der Waals surface area (Å²) in [6.07, 6.45) is 1.20. The molecule has 0 radical (unpaired) electrons.